The first-order valence-corrected chi connectivity index (χ1v) is 11.5. The third-order valence-electron chi connectivity index (χ3n) is 5.28. The van der Waals surface area contributed by atoms with Crippen LogP contribution in [0.3, 0.4) is 0 Å². The van der Waals surface area contributed by atoms with Crippen molar-refractivity contribution >= 4 is 45.7 Å². The van der Waals surface area contributed by atoms with Gasteiger partial charge in [-0.25, -0.2) is 0 Å². The van der Waals surface area contributed by atoms with E-state index in [1.54, 1.807) is 11.6 Å². The van der Waals surface area contributed by atoms with Gasteiger partial charge in [0.15, 0.2) is 5.16 Å². The van der Waals surface area contributed by atoms with E-state index in [2.05, 4.69) is 20.8 Å². The molecule has 8 heteroatoms. The number of fused-ring (bicyclic) bond motifs is 1. The summed E-state index contributed by atoms with van der Waals surface area (Å²) in [5, 5.41) is 16.9. The van der Waals surface area contributed by atoms with Crippen LogP contribution in [0.1, 0.15) is 17.0 Å². The molecule has 1 heterocycles. The van der Waals surface area contributed by atoms with Gasteiger partial charge in [0.05, 0.1) is 12.2 Å². The van der Waals surface area contributed by atoms with Crippen LogP contribution in [0.4, 0.5) is 11.4 Å². The van der Waals surface area contributed by atoms with E-state index >= 15 is 0 Å². The first-order valence-electron chi connectivity index (χ1n) is 10.6. The summed E-state index contributed by atoms with van der Waals surface area (Å²) in [6.45, 7) is 3.94. The minimum Gasteiger partial charge on any atom is -0.325 e. The fourth-order valence-electron chi connectivity index (χ4n) is 3.43. The standard InChI is InChI=1S/C25H25N5O2S/c1-16-8-9-17(2)21(12-16)27-23(31)14-22-28-29-25(30(22)3)33-15-24(32)26-20-11-10-18-6-4-5-7-19(18)13-20/h4-13H,14-15H2,1-3H3,(H,26,32)(H,27,31). The zero-order valence-electron chi connectivity index (χ0n) is 18.8. The van der Waals surface area contributed by atoms with E-state index in [0.717, 1.165) is 33.3 Å². The van der Waals surface area contributed by atoms with Gasteiger partial charge in [0.2, 0.25) is 11.8 Å². The molecule has 0 saturated carbocycles. The van der Waals surface area contributed by atoms with Gasteiger partial charge in [0.25, 0.3) is 0 Å². The fourth-order valence-corrected chi connectivity index (χ4v) is 4.16. The Morgan fingerprint density at radius 3 is 2.52 bits per heavy atom. The van der Waals surface area contributed by atoms with Crippen LogP contribution in [-0.4, -0.2) is 32.3 Å². The van der Waals surface area contributed by atoms with Crippen molar-refractivity contribution in [2.24, 2.45) is 7.05 Å². The number of hydrogen-bond acceptors (Lipinski definition) is 5. The van der Waals surface area contributed by atoms with Crippen molar-refractivity contribution in [2.75, 3.05) is 16.4 Å². The summed E-state index contributed by atoms with van der Waals surface area (Å²) in [7, 11) is 1.80. The number of nitrogens with zero attached hydrogens (tertiary/aromatic N) is 3. The van der Waals surface area contributed by atoms with Crippen molar-refractivity contribution in [3.8, 4) is 0 Å². The number of aromatic nitrogens is 3. The Labute approximate surface area is 196 Å². The lowest BCUT2D eigenvalue weighted by atomic mass is 10.1. The van der Waals surface area contributed by atoms with Gasteiger partial charge in [-0.3, -0.25) is 9.59 Å². The summed E-state index contributed by atoms with van der Waals surface area (Å²) in [5.41, 5.74) is 3.62. The fraction of sp³-hybridized carbons (Fsp3) is 0.200. The number of aryl methyl sites for hydroxylation is 2. The van der Waals surface area contributed by atoms with Gasteiger partial charge >= 0.3 is 0 Å². The van der Waals surface area contributed by atoms with Gasteiger partial charge in [-0.15, -0.1) is 10.2 Å². The number of rotatable bonds is 7. The SMILES string of the molecule is Cc1ccc(C)c(NC(=O)Cc2nnc(SCC(=O)Nc3ccc4ccccc4c3)n2C)c1. The van der Waals surface area contributed by atoms with Gasteiger partial charge in [-0.05, 0) is 53.9 Å². The topological polar surface area (TPSA) is 88.9 Å². The first kappa shape index (κ1) is 22.5. The largest absolute Gasteiger partial charge is 0.325 e. The molecule has 7 nitrogen and oxygen atoms in total. The quantitative estimate of drug-likeness (QED) is 0.397. The van der Waals surface area contributed by atoms with Gasteiger partial charge < -0.3 is 15.2 Å². The molecule has 4 aromatic rings. The van der Waals surface area contributed by atoms with Crippen molar-refractivity contribution in [3.05, 3.63) is 77.6 Å². The molecule has 0 aliphatic rings. The smallest absolute Gasteiger partial charge is 0.234 e. The van der Waals surface area contributed by atoms with Crippen molar-refractivity contribution in [1.29, 1.82) is 0 Å². The molecule has 0 spiro atoms. The van der Waals surface area contributed by atoms with E-state index in [-0.39, 0.29) is 24.0 Å². The summed E-state index contributed by atoms with van der Waals surface area (Å²) in [6.07, 6.45) is 0.0979. The maximum absolute atomic E-state index is 12.5. The summed E-state index contributed by atoms with van der Waals surface area (Å²) >= 11 is 1.28. The maximum atomic E-state index is 12.5. The molecule has 0 saturated heterocycles. The summed E-state index contributed by atoms with van der Waals surface area (Å²) in [5.74, 6) is 0.431. The molecule has 0 unspecified atom stereocenters. The predicted octanol–water partition coefficient (Wildman–Crippen LogP) is 4.50. The Morgan fingerprint density at radius 2 is 1.70 bits per heavy atom. The zero-order chi connectivity index (χ0) is 23.4. The third kappa shape index (κ3) is 5.59. The van der Waals surface area contributed by atoms with Crippen LogP contribution in [-0.2, 0) is 23.1 Å². The number of nitrogens with one attached hydrogen (secondary N) is 2. The first-order chi connectivity index (χ1) is 15.9. The van der Waals surface area contributed by atoms with E-state index in [4.69, 9.17) is 0 Å². The monoisotopic (exact) mass is 459 g/mol. The normalized spacial score (nSPS) is 10.9. The molecule has 0 aliphatic carbocycles. The Hall–Kier alpha value is -3.65. The highest BCUT2D eigenvalue weighted by molar-refractivity contribution is 7.99. The van der Waals surface area contributed by atoms with Crippen LogP contribution < -0.4 is 10.6 Å². The minimum atomic E-state index is -0.162. The van der Waals surface area contributed by atoms with E-state index in [1.165, 1.54) is 11.8 Å². The highest BCUT2D eigenvalue weighted by atomic mass is 32.2. The molecule has 3 aromatic carbocycles. The van der Waals surface area contributed by atoms with Crippen molar-refractivity contribution in [2.45, 2.75) is 25.4 Å². The number of benzene rings is 3. The van der Waals surface area contributed by atoms with Crippen molar-refractivity contribution in [3.63, 3.8) is 0 Å². The highest BCUT2D eigenvalue weighted by Crippen LogP contribution is 2.21. The van der Waals surface area contributed by atoms with E-state index in [0.29, 0.717) is 11.0 Å². The van der Waals surface area contributed by atoms with Crippen LogP contribution >= 0.6 is 11.8 Å². The summed E-state index contributed by atoms with van der Waals surface area (Å²) in [4.78, 5) is 24.9. The molecule has 2 N–H and O–H groups in total. The average molecular weight is 460 g/mol. The Kier molecular flexibility index (Phi) is 6.74. The highest BCUT2D eigenvalue weighted by Gasteiger charge is 2.15. The van der Waals surface area contributed by atoms with Gasteiger partial charge in [0.1, 0.15) is 5.82 Å². The number of anilines is 2. The molecule has 4 rings (SSSR count). The zero-order valence-corrected chi connectivity index (χ0v) is 19.6. The summed E-state index contributed by atoms with van der Waals surface area (Å²) < 4.78 is 1.75. The Morgan fingerprint density at radius 1 is 0.909 bits per heavy atom. The minimum absolute atomic E-state index is 0.0979. The van der Waals surface area contributed by atoms with E-state index in [1.807, 2.05) is 74.5 Å². The lowest BCUT2D eigenvalue weighted by Crippen LogP contribution is -2.18. The van der Waals surface area contributed by atoms with Crippen LogP contribution in [0.2, 0.25) is 0 Å². The lowest BCUT2D eigenvalue weighted by Gasteiger charge is -2.09. The van der Waals surface area contributed by atoms with Crippen molar-refractivity contribution in [1.82, 2.24) is 14.8 Å². The maximum Gasteiger partial charge on any atom is 0.234 e. The summed E-state index contributed by atoms with van der Waals surface area (Å²) in [6, 6.07) is 19.8. The second-order valence-corrected chi connectivity index (χ2v) is 8.84. The second kappa shape index (κ2) is 9.87. The van der Waals surface area contributed by atoms with Crippen LogP contribution in [0, 0.1) is 13.8 Å². The number of carbonyl (C=O) groups is 2. The molecule has 0 aliphatic heterocycles. The molecule has 33 heavy (non-hydrogen) atoms. The molecular formula is C25H25N5O2S. The van der Waals surface area contributed by atoms with Crippen LogP contribution in [0.15, 0.2) is 65.8 Å². The van der Waals surface area contributed by atoms with Crippen LogP contribution in [0.25, 0.3) is 10.8 Å². The van der Waals surface area contributed by atoms with Crippen molar-refractivity contribution < 1.29 is 9.59 Å². The molecule has 0 radical (unpaired) electrons. The predicted molar refractivity (Wildman–Crippen MR) is 133 cm³/mol. The van der Waals surface area contributed by atoms with E-state index in [9.17, 15) is 9.59 Å². The van der Waals surface area contributed by atoms with E-state index < -0.39 is 0 Å². The lowest BCUT2D eigenvalue weighted by molar-refractivity contribution is -0.116. The molecule has 2 amide bonds. The average Bonchev–Trinajstić information content (AvgIpc) is 3.13. The second-order valence-electron chi connectivity index (χ2n) is 7.90. The molecular weight excluding hydrogens is 434 g/mol. The van der Waals surface area contributed by atoms with Crippen LogP contribution in [0.5, 0.6) is 0 Å². The molecule has 0 bridgehead atoms. The van der Waals surface area contributed by atoms with Gasteiger partial charge in [-0.1, -0.05) is 54.2 Å². The van der Waals surface area contributed by atoms with Gasteiger partial charge in [-0.2, -0.15) is 0 Å². The third-order valence-corrected chi connectivity index (χ3v) is 6.30. The molecule has 0 atom stereocenters. The number of carbonyl (C=O) groups excluding carboxylic acids is 2. The molecule has 1 aromatic heterocycles. The number of hydrogen-bond donors (Lipinski definition) is 2. The Bertz CT molecular complexity index is 1330. The number of thioether (sulfide) groups is 1. The molecule has 168 valence electrons. The molecule has 0 fully saturated rings. The van der Waals surface area contributed by atoms with Gasteiger partial charge in [0, 0.05) is 18.4 Å². The Balaban J connectivity index is 1.33. The number of amides is 2.